The van der Waals surface area contributed by atoms with Gasteiger partial charge in [-0.25, -0.2) is 0 Å². The standard InChI is InChI=1S/C18H24N2O/c1-5-14-13-8-16-15(6-7-17(20-16)21-4)18(14,10-19)9-11(2)12(13)3/h5-7,11-13,17,20H,8-9H2,1-4H3/b14-5+/t11?,12?,13-,17?,18-/m1/s1. The number of methoxy groups -OCH3 is 1. The highest BCUT2D eigenvalue weighted by Crippen LogP contribution is 2.59. The molecule has 0 amide bonds. The van der Waals surface area contributed by atoms with Crippen LogP contribution in [0.4, 0.5) is 0 Å². The first-order valence-electron chi connectivity index (χ1n) is 7.86. The third kappa shape index (κ3) is 1.89. The summed E-state index contributed by atoms with van der Waals surface area (Å²) in [5.74, 6) is 1.65. The van der Waals surface area contributed by atoms with Crippen molar-refractivity contribution in [2.45, 2.75) is 39.8 Å². The Morgan fingerprint density at radius 3 is 2.86 bits per heavy atom. The lowest BCUT2D eigenvalue weighted by Gasteiger charge is -2.52. The van der Waals surface area contributed by atoms with Crippen LogP contribution in [0.15, 0.2) is 35.1 Å². The zero-order valence-corrected chi connectivity index (χ0v) is 13.3. The van der Waals surface area contributed by atoms with Crippen LogP contribution in [0, 0.1) is 34.5 Å². The van der Waals surface area contributed by atoms with E-state index in [-0.39, 0.29) is 6.23 Å². The third-order valence-electron chi connectivity index (χ3n) is 5.77. The number of dihydropyridines is 1. The van der Waals surface area contributed by atoms with Crippen LogP contribution in [-0.2, 0) is 4.74 Å². The minimum atomic E-state index is -0.443. The summed E-state index contributed by atoms with van der Waals surface area (Å²) in [6.07, 6.45) is 8.17. The molecule has 21 heavy (non-hydrogen) atoms. The molecule has 112 valence electrons. The normalized spacial score (nSPS) is 43.3. The number of ether oxygens (including phenoxy) is 1. The quantitative estimate of drug-likeness (QED) is 0.749. The third-order valence-corrected chi connectivity index (χ3v) is 5.77. The number of nitriles is 1. The van der Waals surface area contributed by atoms with Gasteiger partial charge in [0.05, 0.1) is 6.07 Å². The van der Waals surface area contributed by atoms with Crippen molar-refractivity contribution in [3.63, 3.8) is 0 Å². The van der Waals surface area contributed by atoms with E-state index in [1.807, 2.05) is 6.08 Å². The van der Waals surface area contributed by atoms with Gasteiger partial charge in [-0.1, -0.05) is 26.0 Å². The van der Waals surface area contributed by atoms with E-state index in [1.165, 1.54) is 16.8 Å². The van der Waals surface area contributed by atoms with Crippen molar-refractivity contribution in [2.75, 3.05) is 7.11 Å². The molecule has 3 unspecified atom stereocenters. The van der Waals surface area contributed by atoms with Gasteiger partial charge in [0.25, 0.3) is 0 Å². The molecular formula is C18H24N2O. The second kappa shape index (κ2) is 5.03. The molecule has 1 aliphatic heterocycles. The highest BCUT2D eigenvalue weighted by molar-refractivity contribution is 5.52. The van der Waals surface area contributed by atoms with Gasteiger partial charge in [-0.2, -0.15) is 5.26 Å². The Morgan fingerprint density at radius 1 is 1.48 bits per heavy atom. The first-order valence-corrected chi connectivity index (χ1v) is 7.86. The zero-order valence-electron chi connectivity index (χ0n) is 13.3. The highest BCUT2D eigenvalue weighted by atomic mass is 16.5. The Bertz CT molecular complexity index is 581. The van der Waals surface area contributed by atoms with Gasteiger partial charge in [0, 0.05) is 12.8 Å². The summed E-state index contributed by atoms with van der Waals surface area (Å²) in [7, 11) is 1.71. The molecule has 0 radical (unpaired) electrons. The molecule has 0 spiro atoms. The smallest absolute Gasteiger partial charge is 0.146 e. The number of nitrogens with one attached hydrogen (secondary N) is 1. The van der Waals surface area contributed by atoms with Gasteiger partial charge in [0.1, 0.15) is 11.6 Å². The van der Waals surface area contributed by atoms with Gasteiger partial charge < -0.3 is 10.1 Å². The van der Waals surface area contributed by atoms with E-state index in [1.54, 1.807) is 7.11 Å². The summed E-state index contributed by atoms with van der Waals surface area (Å²) in [6, 6.07) is 2.67. The topological polar surface area (TPSA) is 45.0 Å². The van der Waals surface area contributed by atoms with Crippen LogP contribution < -0.4 is 5.32 Å². The van der Waals surface area contributed by atoms with Crippen LogP contribution in [0.2, 0.25) is 0 Å². The van der Waals surface area contributed by atoms with E-state index in [0.29, 0.717) is 17.8 Å². The first kappa shape index (κ1) is 14.4. The first-order chi connectivity index (χ1) is 10.1. The summed E-state index contributed by atoms with van der Waals surface area (Å²) in [6.45, 7) is 6.71. The summed E-state index contributed by atoms with van der Waals surface area (Å²) in [4.78, 5) is 0. The fourth-order valence-corrected chi connectivity index (χ4v) is 4.48. The van der Waals surface area contributed by atoms with E-state index in [4.69, 9.17) is 4.74 Å². The average Bonchev–Trinajstić information content (AvgIpc) is 2.51. The molecule has 0 aromatic heterocycles. The molecule has 3 nitrogen and oxygen atoms in total. The molecule has 1 fully saturated rings. The summed E-state index contributed by atoms with van der Waals surface area (Å²) in [5, 5.41) is 13.5. The Hall–Kier alpha value is -1.53. The minimum Gasteiger partial charge on any atom is -0.360 e. The van der Waals surface area contributed by atoms with Crippen LogP contribution in [0.3, 0.4) is 0 Å². The fraction of sp³-hybridized carbons (Fsp3) is 0.611. The molecule has 3 aliphatic rings. The van der Waals surface area contributed by atoms with Crippen LogP contribution in [0.5, 0.6) is 0 Å². The summed E-state index contributed by atoms with van der Waals surface area (Å²) < 4.78 is 5.40. The van der Waals surface area contributed by atoms with Crippen molar-refractivity contribution < 1.29 is 4.74 Å². The molecule has 2 bridgehead atoms. The molecule has 2 aliphatic carbocycles. The van der Waals surface area contributed by atoms with Gasteiger partial charge in [-0.05, 0) is 54.7 Å². The summed E-state index contributed by atoms with van der Waals surface area (Å²) >= 11 is 0. The van der Waals surface area contributed by atoms with Crippen molar-refractivity contribution in [3.05, 3.63) is 35.1 Å². The molecule has 0 aromatic carbocycles. The van der Waals surface area contributed by atoms with Crippen LogP contribution in [0.25, 0.3) is 0 Å². The molecule has 1 N–H and O–H groups in total. The van der Waals surface area contributed by atoms with Gasteiger partial charge in [-0.15, -0.1) is 0 Å². The Balaban J connectivity index is 2.15. The molecular weight excluding hydrogens is 260 g/mol. The molecule has 3 heteroatoms. The number of hydrogen-bond acceptors (Lipinski definition) is 3. The van der Waals surface area contributed by atoms with Gasteiger partial charge in [0.2, 0.25) is 0 Å². The van der Waals surface area contributed by atoms with Gasteiger partial charge in [-0.3, -0.25) is 0 Å². The number of rotatable bonds is 1. The summed E-state index contributed by atoms with van der Waals surface area (Å²) in [5.41, 5.74) is 3.26. The van der Waals surface area contributed by atoms with Crippen molar-refractivity contribution in [1.29, 1.82) is 5.26 Å². The van der Waals surface area contributed by atoms with Crippen molar-refractivity contribution >= 4 is 0 Å². The molecule has 0 saturated heterocycles. The van der Waals surface area contributed by atoms with E-state index in [9.17, 15) is 5.26 Å². The Morgan fingerprint density at radius 2 is 2.24 bits per heavy atom. The lowest BCUT2D eigenvalue weighted by atomic mass is 9.52. The van der Waals surface area contributed by atoms with E-state index in [0.717, 1.165) is 12.8 Å². The largest absolute Gasteiger partial charge is 0.360 e. The van der Waals surface area contributed by atoms with Crippen molar-refractivity contribution in [3.8, 4) is 6.07 Å². The highest BCUT2D eigenvalue weighted by Gasteiger charge is 2.53. The number of fused-ring (bicyclic) bond motifs is 3. The van der Waals surface area contributed by atoms with Crippen LogP contribution in [-0.4, -0.2) is 13.3 Å². The van der Waals surface area contributed by atoms with Crippen LogP contribution >= 0.6 is 0 Å². The van der Waals surface area contributed by atoms with E-state index in [2.05, 4.69) is 44.3 Å². The predicted molar refractivity (Wildman–Crippen MR) is 83.0 cm³/mol. The molecule has 3 rings (SSSR count). The number of hydrogen-bond donors (Lipinski definition) is 1. The second-order valence-electron chi connectivity index (χ2n) is 6.66. The predicted octanol–water partition coefficient (Wildman–Crippen LogP) is 3.52. The Labute approximate surface area is 127 Å². The van der Waals surface area contributed by atoms with E-state index < -0.39 is 5.41 Å². The average molecular weight is 284 g/mol. The maximum absolute atomic E-state index is 10.0. The maximum atomic E-state index is 10.0. The van der Waals surface area contributed by atoms with Gasteiger partial charge >= 0.3 is 0 Å². The molecule has 5 atom stereocenters. The number of nitrogens with zero attached hydrogens (tertiary/aromatic N) is 1. The molecule has 0 aromatic rings. The SMILES string of the molecule is C/C=C1\[C@@H]2CC3=C(C=CC(OC)N3)[C@@]1(C#N)CC(C)C2C. The molecule has 1 saturated carbocycles. The lowest BCUT2D eigenvalue weighted by molar-refractivity contribution is 0.106. The lowest BCUT2D eigenvalue weighted by Crippen LogP contribution is -2.48. The zero-order chi connectivity index (χ0) is 15.2. The molecule has 1 heterocycles. The minimum absolute atomic E-state index is 0.0693. The fourth-order valence-electron chi connectivity index (χ4n) is 4.48. The van der Waals surface area contributed by atoms with Crippen molar-refractivity contribution in [1.82, 2.24) is 5.32 Å². The van der Waals surface area contributed by atoms with Crippen LogP contribution in [0.1, 0.15) is 33.6 Å². The van der Waals surface area contributed by atoms with Gasteiger partial charge in [0.15, 0.2) is 0 Å². The van der Waals surface area contributed by atoms with Crippen molar-refractivity contribution in [2.24, 2.45) is 23.2 Å². The Kier molecular flexibility index (Phi) is 3.45. The second-order valence-corrected chi connectivity index (χ2v) is 6.66. The maximum Gasteiger partial charge on any atom is 0.146 e. The van der Waals surface area contributed by atoms with E-state index >= 15 is 0 Å². The number of allylic oxidation sites excluding steroid dienone is 5. The monoisotopic (exact) mass is 284 g/mol.